The summed E-state index contributed by atoms with van der Waals surface area (Å²) in [7, 11) is 0. The average Bonchev–Trinajstić information content (AvgIpc) is 2.41. The maximum absolute atomic E-state index is 10.9. The molecule has 0 radical (unpaired) electrons. The summed E-state index contributed by atoms with van der Waals surface area (Å²) in [6, 6.07) is 4.83. The third-order valence-electron chi connectivity index (χ3n) is 2.86. The SMILES string of the molecule is CCCOc1cc(NCCCC(C)C)cc([N+](=O)[O-])c1. The van der Waals surface area contributed by atoms with Crippen LogP contribution in [0.2, 0.25) is 0 Å². The second kappa shape index (κ2) is 8.40. The Kier molecular flexibility index (Phi) is 6.84. The van der Waals surface area contributed by atoms with E-state index in [1.165, 1.54) is 6.07 Å². The summed E-state index contributed by atoms with van der Waals surface area (Å²) in [4.78, 5) is 10.5. The van der Waals surface area contributed by atoms with E-state index >= 15 is 0 Å². The molecule has 20 heavy (non-hydrogen) atoms. The molecule has 0 amide bonds. The molecule has 0 unspecified atom stereocenters. The highest BCUT2D eigenvalue weighted by atomic mass is 16.6. The number of hydrogen-bond acceptors (Lipinski definition) is 4. The molecular weight excluding hydrogens is 256 g/mol. The molecule has 1 aromatic carbocycles. The van der Waals surface area contributed by atoms with Crippen molar-refractivity contribution in [3.05, 3.63) is 28.3 Å². The largest absolute Gasteiger partial charge is 0.493 e. The van der Waals surface area contributed by atoms with E-state index in [2.05, 4.69) is 19.2 Å². The maximum atomic E-state index is 10.9. The first-order valence-electron chi connectivity index (χ1n) is 7.19. The average molecular weight is 280 g/mol. The van der Waals surface area contributed by atoms with Gasteiger partial charge in [-0.05, 0) is 25.2 Å². The van der Waals surface area contributed by atoms with Gasteiger partial charge in [0.25, 0.3) is 5.69 Å². The number of ether oxygens (including phenoxy) is 1. The highest BCUT2D eigenvalue weighted by Crippen LogP contribution is 2.26. The van der Waals surface area contributed by atoms with Crippen LogP contribution in [0.25, 0.3) is 0 Å². The number of non-ortho nitro benzene ring substituents is 1. The van der Waals surface area contributed by atoms with Crippen molar-refractivity contribution in [1.82, 2.24) is 0 Å². The lowest BCUT2D eigenvalue weighted by atomic mass is 10.1. The van der Waals surface area contributed by atoms with Crippen molar-refractivity contribution in [2.75, 3.05) is 18.5 Å². The Hall–Kier alpha value is -1.78. The van der Waals surface area contributed by atoms with Crippen LogP contribution in [0, 0.1) is 16.0 Å². The van der Waals surface area contributed by atoms with E-state index in [9.17, 15) is 10.1 Å². The van der Waals surface area contributed by atoms with Crippen molar-refractivity contribution in [3.63, 3.8) is 0 Å². The van der Waals surface area contributed by atoms with E-state index in [1.54, 1.807) is 6.07 Å². The first-order valence-corrected chi connectivity index (χ1v) is 7.19. The van der Waals surface area contributed by atoms with Gasteiger partial charge >= 0.3 is 0 Å². The monoisotopic (exact) mass is 280 g/mol. The smallest absolute Gasteiger partial charge is 0.275 e. The first kappa shape index (κ1) is 16.3. The van der Waals surface area contributed by atoms with Gasteiger partial charge in [-0.3, -0.25) is 10.1 Å². The van der Waals surface area contributed by atoms with Crippen LogP contribution in [0.4, 0.5) is 11.4 Å². The number of nitro groups is 1. The predicted octanol–water partition coefficient (Wildman–Crippen LogP) is 4.23. The minimum atomic E-state index is -0.391. The van der Waals surface area contributed by atoms with Crippen LogP contribution in [-0.2, 0) is 0 Å². The van der Waals surface area contributed by atoms with Crippen LogP contribution in [-0.4, -0.2) is 18.1 Å². The van der Waals surface area contributed by atoms with Crippen LogP contribution in [0.1, 0.15) is 40.0 Å². The molecule has 0 aliphatic rings. The maximum Gasteiger partial charge on any atom is 0.275 e. The van der Waals surface area contributed by atoms with E-state index in [0.29, 0.717) is 18.3 Å². The van der Waals surface area contributed by atoms with Gasteiger partial charge in [0.05, 0.1) is 17.6 Å². The molecule has 5 nitrogen and oxygen atoms in total. The fraction of sp³-hybridized carbons (Fsp3) is 0.600. The van der Waals surface area contributed by atoms with E-state index in [-0.39, 0.29) is 5.69 Å². The molecule has 0 bridgehead atoms. The summed E-state index contributed by atoms with van der Waals surface area (Å²) in [5, 5.41) is 14.1. The van der Waals surface area contributed by atoms with E-state index in [4.69, 9.17) is 4.74 Å². The fourth-order valence-electron chi connectivity index (χ4n) is 1.84. The molecule has 5 heteroatoms. The highest BCUT2D eigenvalue weighted by molar-refractivity contribution is 5.56. The Morgan fingerprint density at radius 3 is 2.70 bits per heavy atom. The van der Waals surface area contributed by atoms with Gasteiger partial charge in [0, 0.05) is 24.4 Å². The molecule has 0 saturated carbocycles. The molecule has 0 aliphatic carbocycles. The third kappa shape index (κ3) is 5.91. The number of nitro benzene ring substituents is 1. The normalized spacial score (nSPS) is 10.6. The molecule has 1 rings (SSSR count). The van der Waals surface area contributed by atoms with Gasteiger partial charge in [0.15, 0.2) is 0 Å². The van der Waals surface area contributed by atoms with Crippen LogP contribution in [0.5, 0.6) is 5.75 Å². The van der Waals surface area contributed by atoms with Crippen LogP contribution >= 0.6 is 0 Å². The van der Waals surface area contributed by atoms with Gasteiger partial charge in [-0.15, -0.1) is 0 Å². The minimum absolute atomic E-state index is 0.0602. The molecule has 0 fully saturated rings. The van der Waals surface area contributed by atoms with Crippen LogP contribution < -0.4 is 10.1 Å². The predicted molar refractivity (Wildman–Crippen MR) is 81.4 cm³/mol. The molecule has 0 aromatic heterocycles. The van der Waals surface area contributed by atoms with Crippen molar-refractivity contribution in [2.45, 2.75) is 40.0 Å². The lowest BCUT2D eigenvalue weighted by Crippen LogP contribution is -2.04. The van der Waals surface area contributed by atoms with Crippen molar-refractivity contribution in [2.24, 2.45) is 5.92 Å². The highest BCUT2D eigenvalue weighted by Gasteiger charge is 2.10. The van der Waals surface area contributed by atoms with E-state index < -0.39 is 4.92 Å². The van der Waals surface area contributed by atoms with Crippen molar-refractivity contribution in [3.8, 4) is 5.75 Å². The summed E-state index contributed by atoms with van der Waals surface area (Å²) in [5.41, 5.74) is 0.805. The number of nitrogens with zero attached hydrogens (tertiary/aromatic N) is 1. The lowest BCUT2D eigenvalue weighted by Gasteiger charge is -2.10. The van der Waals surface area contributed by atoms with E-state index in [0.717, 1.165) is 31.5 Å². The second-order valence-corrected chi connectivity index (χ2v) is 5.28. The molecule has 1 N–H and O–H groups in total. The number of rotatable bonds is 9. The number of hydrogen-bond donors (Lipinski definition) is 1. The van der Waals surface area contributed by atoms with Gasteiger partial charge < -0.3 is 10.1 Å². The topological polar surface area (TPSA) is 64.4 Å². The molecule has 0 saturated heterocycles. The van der Waals surface area contributed by atoms with Crippen LogP contribution in [0.3, 0.4) is 0 Å². The Morgan fingerprint density at radius 1 is 1.35 bits per heavy atom. The van der Waals surface area contributed by atoms with Gasteiger partial charge in [0.2, 0.25) is 0 Å². The summed E-state index contributed by atoms with van der Waals surface area (Å²) in [5.74, 6) is 1.22. The lowest BCUT2D eigenvalue weighted by molar-refractivity contribution is -0.384. The molecule has 0 spiro atoms. The minimum Gasteiger partial charge on any atom is -0.493 e. The number of anilines is 1. The molecule has 112 valence electrons. The number of benzene rings is 1. The van der Waals surface area contributed by atoms with Gasteiger partial charge in [0.1, 0.15) is 5.75 Å². The fourth-order valence-corrected chi connectivity index (χ4v) is 1.84. The van der Waals surface area contributed by atoms with Gasteiger partial charge in [-0.25, -0.2) is 0 Å². The van der Waals surface area contributed by atoms with Gasteiger partial charge in [-0.2, -0.15) is 0 Å². The zero-order chi connectivity index (χ0) is 15.0. The van der Waals surface area contributed by atoms with E-state index in [1.807, 2.05) is 13.0 Å². The van der Waals surface area contributed by atoms with Crippen molar-refractivity contribution < 1.29 is 9.66 Å². The first-order chi connectivity index (χ1) is 9.52. The summed E-state index contributed by atoms with van der Waals surface area (Å²) in [6.45, 7) is 7.75. The molecular formula is C15H24N2O3. The second-order valence-electron chi connectivity index (χ2n) is 5.28. The van der Waals surface area contributed by atoms with Crippen molar-refractivity contribution >= 4 is 11.4 Å². The van der Waals surface area contributed by atoms with Gasteiger partial charge in [-0.1, -0.05) is 20.8 Å². The summed E-state index contributed by atoms with van der Waals surface area (Å²) in [6.07, 6.45) is 3.06. The number of nitrogens with one attached hydrogen (secondary N) is 1. The standard InChI is InChI=1S/C15H24N2O3/c1-4-8-20-15-10-13(9-14(11-15)17(18)19)16-7-5-6-12(2)3/h9-12,16H,4-8H2,1-3H3. The quantitative estimate of drug-likeness (QED) is 0.417. The zero-order valence-electron chi connectivity index (χ0n) is 12.5. The van der Waals surface area contributed by atoms with Crippen molar-refractivity contribution in [1.29, 1.82) is 0 Å². The molecule has 1 aromatic rings. The van der Waals surface area contributed by atoms with Crippen LogP contribution in [0.15, 0.2) is 18.2 Å². The Labute approximate surface area is 120 Å². The Bertz CT molecular complexity index is 433. The molecule has 0 aliphatic heterocycles. The molecule has 0 atom stereocenters. The zero-order valence-corrected chi connectivity index (χ0v) is 12.5. The third-order valence-corrected chi connectivity index (χ3v) is 2.86. The summed E-state index contributed by atoms with van der Waals surface area (Å²) < 4.78 is 5.49. The summed E-state index contributed by atoms with van der Waals surface area (Å²) >= 11 is 0. The Morgan fingerprint density at radius 2 is 2.10 bits per heavy atom. The molecule has 0 heterocycles. The Balaban J connectivity index is 2.67.